The van der Waals surface area contributed by atoms with E-state index in [1.165, 1.54) is 32.4 Å². The number of amides is 1. The molecule has 1 N–H and O–H groups in total. The highest BCUT2D eigenvalue weighted by Gasteiger charge is 2.39. The molecule has 1 aromatic rings. The fourth-order valence-corrected chi connectivity index (χ4v) is 1.34. The van der Waals surface area contributed by atoms with Crippen LogP contribution in [0.15, 0.2) is 18.2 Å². The van der Waals surface area contributed by atoms with Crippen LogP contribution >= 0.6 is 0 Å². The second-order valence-corrected chi connectivity index (χ2v) is 3.71. The Kier molecular flexibility index (Phi) is 4.95. The molecule has 0 fully saturated rings. The van der Waals surface area contributed by atoms with E-state index in [0.717, 1.165) is 0 Å². The van der Waals surface area contributed by atoms with E-state index in [4.69, 9.17) is 9.47 Å². The lowest BCUT2D eigenvalue weighted by Crippen LogP contribution is -2.27. The molecule has 0 spiro atoms. The molecule has 0 radical (unpaired) electrons. The predicted molar refractivity (Wildman–Crippen MR) is 63.9 cm³/mol. The van der Waals surface area contributed by atoms with E-state index < -0.39 is 24.3 Å². The number of Topliss-reactive ketones (excluding diaryl/α,β-unsaturated/α-hetero) is 1. The first-order valence-electron chi connectivity index (χ1n) is 5.40. The highest BCUT2D eigenvalue weighted by Crippen LogP contribution is 2.29. The number of nitrogens with one attached hydrogen (secondary N) is 1. The molecule has 0 aliphatic heterocycles. The maximum absolute atomic E-state index is 12.0. The van der Waals surface area contributed by atoms with Crippen LogP contribution in [0, 0.1) is 0 Å². The molecule has 1 rings (SSSR count). The topological polar surface area (TPSA) is 64.6 Å². The molecule has 0 saturated heterocycles. The summed E-state index contributed by atoms with van der Waals surface area (Å²) >= 11 is 0. The van der Waals surface area contributed by atoms with E-state index in [0.29, 0.717) is 5.75 Å². The smallest absolute Gasteiger partial charge is 0.450 e. The van der Waals surface area contributed by atoms with E-state index in [-0.39, 0.29) is 11.4 Å². The largest absolute Gasteiger partial charge is 0.497 e. The number of anilines is 1. The van der Waals surface area contributed by atoms with E-state index in [9.17, 15) is 22.8 Å². The highest BCUT2D eigenvalue weighted by molar-refractivity contribution is 6.06. The highest BCUT2D eigenvalue weighted by atomic mass is 19.4. The molecule has 0 unspecified atom stereocenters. The van der Waals surface area contributed by atoms with Crippen LogP contribution in [0.3, 0.4) is 0 Å². The standard InChI is InChI=1S/C12H12F3NO4/c1-19-7-3-4-8(9(5-7)20-2)16-11(18)6-10(17)12(13,14)15/h3-5H,6H2,1-2H3,(H,16,18). The van der Waals surface area contributed by atoms with Crippen LogP contribution in [0.25, 0.3) is 0 Å². The minimum atomic E-state index is -5.03. The molecule has 8 heteroatoms. The third-order valence-corrected chi connectivity index (χ3v) is 2.32. The second kappa shape index (κ2) is 6.27. The van der Waals surface area contributed by atoms with Crippen LogP contribution in [0.2, 0.25) is 0 Å². The molecular formula is C12H12F3NO4. The Labute approximate surface area is 112 Å². The van der Waals surface area contributed by atoms with Crippen molar-refractivity contribution in [2.24, 2.45) is 0 Å². The fourth-order valence-electron chi connectivity index (χ4n) is 1.34. The summed E-state index contributed by atoms with van der Waals surface area (Å²) in [6.45, 7) is 0. The number of halogens is 3. The Balaban J connectivity index is 2.78. The summed E-state index contributed by atoms with van der Waals surface area (Å²) in [6.07, 6.45) is -6.31. The maximum Gasteiger partial charge on any atom is 0.450 e. The van der Waals surface area contributed by atoms with Crippen LogP contribution in [0.1, 0.15) is 6.42 Å². The molecule has 1 aromatic carbocycles. The van der Waals surface area contributed by atoms with E-state index in [1.807, 2.05) is 0 Å². The second-order valence-electron chi connectivity index (χ2n) is 3.71. The number of hydrogen-bond donors (Lipinski definition) is 1. The number of ketones is 1. The summed E-state index contributed by atoms with van der Waals surface area (Å²) in [7, 11) is 2.75. The van der Waals surface area contributed by atoms with Crippen molar-refractivity contribution in [2.75, 3.05) is 19.5 Å². The molecule has 110 valence electrons. The zero-order valence-electron chi connectivity index (χ0n) is 10.7. The number of carbonyl (C=O) groups excluding carboxylic acids is 2. The minimum absolute atomic E-state index is 0.147. The Bertz CT molecular complexity index is 514. The first-order valence-corrected chi connectivity index (χ1v) is 5.40. The minimum Gasteiger partial charge on any atom is -0.497 e. The van der Waals surface area contributed by atoms with Crippen LogP contribution < -0.4 is 14.8 Å². The number of rotatable bonds is 5. The molecule has 0 saturated carbocycles. The molecule has 0 aromatic heterocycles. The summed E-state index contributed by atoms with van der Waals surface area (Å²) in [5.41, 5.74) is 0.147. The third-order valence-electron chi connectivity index (χ3n) is 2.32. The zero-order valence-corrected chi connectivity index (χ0v) is 10.7. The summed E-state index contributed by atoms with van der Waals surface area (Å²) < 4.78 is 46.0. The lowest BCUT2D eigenvalue weighted by atomic mass is 10.2. The molecule has 0 heterocycles. The Hall–Kier alpha value is -2.25. The van der Waals surface area contributed by atoms with Crippen molar-refractivity contribution in [3.05, 3.63) is 18.2 Å². The zero-order chi connectivity index (χ0) is 15.3. The summed E-state index contributed by atoms with van der Waals surface area (Å²) in [4.78, 5) is 22.1. The molecule has 1 amide bonds. The quantitative estimate of drug-likeness (QED) is 0.844. The van der Waals surface area contributed by atoms with Crippen LogP contribution in [-0.4, -0.2) is 32.1 Å². The van der Waals surface area contributed by atoms with Gasteiger partial charge in [0.25, 0.3) is 0 Å². The Morgan fingerprint density at radius 3 is 2.35 bits per heavy atom. The van der Waals surface area contributed by atoms with Crippen molar-refractivity contribution in [3.63, 3.8) is 0 Å². The third kappa shape index (κ3) is 4.15. The Morgan fingerprint density at radius 2 is 1.85 bits per heavy atom. The average Bonchev–Trinajstić information content (AvgIpc) is 2.37. The van der Waals surface area contributed by atoms with Gasteiger partial charge in [0.05, 0.1) is 26.3 Å². The van der Waals surface area contributed by atoms with E-state index in [2.05, 4.69) is 5.32 Å². The SMILES string of the molecule is COc1ccc(NC(=O)CC(=O)C(F)(F)F)c(OC)c1. The molecule has 0 aliphatic rings. The van der Waals surface area contributed by atoms with Crippen molar-refractivity contribution < 1.29 is 32.2 Å². The van der Waals surface area contributed by atoms with Gasteiger partial charge in [0.2, 0.25) is 11.7 Å². The van der Waals surface area contributed by atoms with Gasteiger partial charge in [-0.2, -0.15) is 13.2 Å². The molecule has 5 nitrogen and oxygen atoms in total. The van der Waals surface area contributed by atoms with Crippen molar-refractivity contribution in [1.29, 1.82) is 0 Å². The number of hydrogen-bond acceptors (Lipinski definition) is 4. The first-order chi connectivity index (χ1) is 9.27. The number of methoxy groups -OCH3 is 2. The summed E-state index contributed by atoms with van der Waals surface area (Å²) in [5.74, 6) is -2.53. The van der Waals surface area contributed by atoms with Gasteiger partial charge in [0.15, 0.2) is 0 Å². The van der Waals surface area contributed by atoms with Crippen LogP contribution in [-0.2, 0) is 9.59 Å². The van der Waals surface area contributed by atoms with Gasteiger partial charge in [0.1, 0.15) is 11.5 Å². The van der Waals surface area contributed by atoms with Crippen molar-refractivity contribution in [2.45, 2.75) is 12.6 Å². The van der Waals surface area contributed by atoms with Crippen LogP contribution in [0.5, 0.6) is 11.5 Å². The van der Waals surface area contributed by atoms with Crippen molar-refractivity contribution in [1.82, 2.24) is 0 Å². The summed E-state index contributed by atoms with van der Waals surface area (Å²) in [5, 5.41) is 2.18. The van der Waals surface area contributed by atoms with E-state index >= 15 is 0 Å². The van der Waals surface area contributed by atoms with Crippen molar-refractivity contribution >= 4 is 17.4 Å². The maximum atomic E-state index is 12.0. The first kappa shape index (κ1) is 15.8. The van der Waals surface area contributed by atoms with Gasteiger partial charge < -0.3 is 14.8 Å². The fraction of sp³-hybridized carbons (Fsp3) is 0.333. The van der Waals surface area contributed by atoms with Gasteiger partial charge in [-0.15, -0.1) is 0 Å². The van der Waals surface area contributed by atoms with Gasteiger partial charge in [-0.1, -0.05) is 0 Å². The van der Waals surface area contributed by atoms with Gasteiger partial charge >= 0.3 is 6.18 Å². The van der Waals surface area contributed by atoms with Gasteiger partial charge in [-0.3, -0.25) is 9.59 Å². The number of benzene rings is 1. The lowest BCUT2D eigenvalue weighted by molar-refractivity contribution is -0.171. The van der Waals surface area contributed by atoms with Gasteiger partial charge in [0, 0.05) is 6.07 Å². The molecule has 0 bridgehead atoms. The van der Waals surface area contributed by atoms with E-state index in [1.54, 1.807) is 0 Å². The Morgan fingerprint density at radius 1 is 1.20 bits per heavy atom. The van der Waals surface area contributed by atoms with Gasteiger partial charge in [-0.25, -0.2) is 0 Å². The lowest BCUT2D eigenvalue weighted by Gasteiger charge is -2.11. The number of alkyl halides is 3. The predicted octanol–water partition coefficient (Wildman–Crippen LogP) is 2.16. The number of ether oxygens (including phenoxy) is 2. The molecule has 0 aliphatic carbocycles. The average molecular weight is 291 g/mol. The molecule has 0 atom stereocenters. The summed E-state index contributed by atoms with van der Waals surface area (Å²) in [6, 6.07) is 4.33. The van der Waals surface area contributed by atoms with Crippen LogP contribution in [0.4, 0.5) is 18.9 Å². The number of carbonyl (C=O) groups is 2. The monoisotopic (exact) mass is 291 g/mol. The van der Waals surface area contributed by atoms with Crippen molar-refractivity contribution in [3.8, 4) is 11.5 Å². The molecule has 20 heavy (non-hydrogen) atoms. The van der Waals surface area contributed by atoms with Gasteiger partial charge in [-0.05, 0) is 12.1 Å². The normalized spacial score (nSPS) is 10.8. The molecular weight excluding hydrogens is 279 g/mol.